The highest BCUT2D eigenvalue weighted by Crippen LogP contribution is 2.20. The molecule has 0 bridgehead atoms. The third kappa shape index (κ3) is 3.50. The van der Waals surface area contributed by atoms with Gasteiger partial charge in [-0.3, -0.25) is 9.59 Å². The number of ketones is 1. The fourth-order valence-corrected chi connectivity index (χ4v) is 2.25. The maximum Gasteiger partial charge on any atom is 0.242 e. The minimum absolute atomic E-state index is 0.0582. The van der Waals surface area contributed by atoms with Crippen molar-refractivity contribution in [2.24, 2.45) is 0 Å². The van der Waals surface area contributed by atoms with Crippen LogP contribution >= 0.6 is 0 Å². The molecule has 1 fully saturated rings. The van der Waals surface area contributed by atoms with Crippen LogP contribution in [0.2, 0.25) is 0 Å². The number of likely N-dealkylation sites (tertiary alicyclic amines) is 1. The van der Waals surface area contributed by atoms with E-state index in [4.69, 9.17) is 4.74 Å². The Morgan fingerprint density at radius 2 is 2.05 bits per heavy atom. The molecule has 1 aromatic rings. The van der Waals surface area contributed by atoms with E-state index in [1.54, 1.807) is 12.0 Å². The van der Waals surface area contributed by atoms with Gasteiger partial charge in [0.2, 0.25) is 5.91 Å². The second-order valence-corrected chi connectivity index (χ2v) is 4.98. The molecule has 108 valence electrons. The maximum absolute atomic E-state index is 12.2. The van der Waals surface area contributed by atoms with E-state index < -0.39 is 0 Å². The average Bonchev–Trinajstić information content (AvgIpc) is 2.47. The van der Waals surface area contributed by atoms with Gasteiger partial charge in [0, 0.05) is 44.7 Å². The van der Waals surface area contributed by atoms with Crippen LogP contribution in [0.3, 0.4) is 0 Å². The van der Waals surface area contributed by atoms with E-state index in [9.17, 15) is 9.59 Å². The molecule has 1 saturated heterocycles. The first-order chi connectivity index (χ1) is 9.60. The van der Waals surface area contributed by atoms with Gasteiger partial charge in [-0.15, -0.1) is 0 Å². The van der Waals surface area contributed by atoms with Crippen molar-refractivity contribution in [3.05, 3.63) is 24.3 Å². The summed E-state index contributed by atoms with van der Waals surface area (Å²) in [5.74, 6) is 1.07. The number of rotatable bonds is 4. The van der Waals surface area contributed by atoms with Gasteiger partial charge in [-0.2, -0.15) is 0 Å². The van der Waals surface area contributed by atoms with Crippen molar-refractivity contribution < 1.29 is 14.3 Å². The highest BCUT2D eigenvalue weighted by atomic mass is 16.5. The number of amides is 1. The summed E-state index contributed by atoms with van der Waals surface area (Å²) in [4.78, 5) is 27.0. The summed E-state index contributed by atoms with van der Waals surface area (Å²) in [6.45, 7) is 1.40. The molecular weight excluding hydrogens is 256 g/mol. The largest absolute Gasteiger partial charge is 0.497 e. The Bertz CT molecular complexity index is 492. The molecule has 0 aliphatic carbocycles. The number of benzene rings is 1. The van der Waals surface area contributed by atoms with Gasteiger partial charge in [-0.05, 0) is 12.1 Å². The topological polar surface area (TPSA) is 49.9 Å². The average molecular weight is 276 g/mol. The number of piperidine rings is 1. The third-order valence-electron chi connectivity index (χ3n) is 3.54. The monoisotopic (exact) mass is 276 g/mol. The first kappa shape index (κ1) is 14.4. The molecule has 0 radical (unpaired) electrons. The first-order valence-corrected chi connectivity index (χ1v) is 6.75. The van der Waals surface area contributed by atoms with Crippen molar-refractivity contribution in [1.82, 2.24) is 4.90 Å². The predicted octanol–water partition coefficient (Wildman–Crippen LogP) is 1.32. The molecule has 1 aliphatic heterocycles. The van der Waals surface area contributed by atoms with E-state index in [2.05, 4.69) is 0 Å². The number of carbonyl (C=O) groups is 2. The number of anilines is 1. The van der Waals surface area contributed by atoms with Gasteiger partial charge in [-0.1, -0.05) is 6.07 Å². The lowest BCUT2D eigenvalue weighted by Crippen LogP contribution is -2.43. The van der Waals surface area contributed by atoms with Crippen LogP contribution < -0.4 is 9.64 Å². The Morgan fingerprint density at radius 1 is 1.35 bits per heavy atom. The molecule has 0 spiro atoms. The molecule has 1 heterocycles. The third-order valence-corrected chi connectivity index (χ3v) is 3.54. The van der Waals surface area contributed by atoms with Crippen LogP contribution in [-0.4, -0.2) is 50.4 Å². The van der Waals surface area contributed by atoms with Crippen molar-refractivity contribution in [3.63, 3.8) is 0 Å². The van der Waals surface area contributed by atoms with Crippen LogP contribution in [0.5, 0.6) is 5.75 Å². The molecule has 5 heteroatoms. The van der Waals surface area contributed by atoms with Crippen LogP contribution in [0.4, 0.5) is 5.69 Å². The highest BCUT2D eigenvalue weighted by Gasteiger charge is 2.21. The quantitative estimate of drug-likeness (QED) is 0.832. The van der Waals surface area contributed by atoms with Gasteiger partial charge in [0.1, 0.15) is 11.5 Å². The Kier molecular flexibility index (Phi) is 4.61. The van der Waals surface area contributed by atoms with E-state index in [0.29, 0.717) is 32.5 Å². The lowest BCUT2D eigenvalue weighted by Gasteiger charge is -2.28. The first-order valence-electron chi connectivity index (χ1n) is 6.75. The van der Waals surface area contributed by atoms with Gasteiger partial charge in [0.25, 0.3) is 0 Å². The van der Waals surface area contributed by atoms with Crippen molar-refractivity contribution >= 4 is 17.4 Å². The predicted molar refractivity (Wildman–Crippen MR) is 77.1 cm³/mol. The summed E-state index contributed by atoms with van der Waals surface area (Å²) in [5, 5.41) is 0. The van der Waals surface area contributed by atoms with Crippen molar-refractivity contribution in [2.45, 2.75) is 12.8 Å². The normalized spacial score (nSPS) is 15.1. The standard InChI is InChI=1S/C15H20N2O3/c1-16(12-4-3-5-14(10-12)20-2)11-15(19)17-8-6-13(18)7-9-17/h3-5,10H,6-9,11H2,1-2H3. The minimum atomic E-state index is 0.0582. The molecule has 0 N–H and O–H groups in total. The number of nitrogens with zero attached hydrogens (tertiary/aromatic N) is 2. The molecule has 1 amide bonds. The fraction of sp³-hybridized carbons (Fsp3) is 0.467. The van der Waals surface area contributed by atoms with Gasteiger partial charge in [-0.25, -0.2) is 0 Å². The zero-order valence-electron chi connectivity index (χ0n) is 12.0. The molecule has 0 aromatic heterocycles. The zero-order valence-corrected chi connectivity index (χ0v) is 12.0. The lowest BCUT2D eigenvalue weighted by atomic mass is 10.1. The molecule has 1 aliphatic rings. The Labute approximate surface area is 119 Å². The number of Topliss-reactive ketones (excluding diaryl/α,β-unsaturated/α-hetero) is 1. The number of carbonyl (C=O) groups excluding carboxylic acids is 2. The van der Waals surface area contributed by atoms with Crippen LogP contribution in [0.15, 0.2) is 24.3 Å². The molecule has 0 unspecified atom stereocenters. The second kappa shape index (κ2) is 6.41. The number of hydrogen-bond donors (Lipinski definition) is 0. The van der Waals surface area contributed by atoms with Gasteiger partial charge in [0.05, 0.1) is 13.7 Å². The molecule has 0 saturated carbocycles. The van der Waals surface area contributed by atoms with E-state index in [1.165, 1.54) is 0 Å². The minimum Gasteiger partial charge on any atom is -0.497 e. The molecule has 5 nitrogen and oxygen atoms in total. The van der Waals surface area contributed by atoms with Gasteiger partial charge >= 0.3 is 0 Å². The van der Waals surface area contributed by atoms with Gasteiger partial charge in [0.15, 0.2) is 0 Å². The van der Waals surface area contributed by atoms with Crippen LogP contribution in [-0.2, 0) is 9.59 Å². The molecular formula is C15H20N2O3. The van der Waals surface area contributed by atoms with E-state index in [1.807, 2.05) is 36.2 Å². The smallest absolute Gasteiger partial charge is 0.242 e. The van der Waals surface area contributed by atoms with Crippen LogP contribution in [0.1, 0.15) is 12.8 Å². The highest BCUT2D eigenvalue weighted by molar-refractivity contribution is 5.85. The zero-order chi connectivity index (χ0) is 14.5. The van der Waals surface area contributed by atoms with Crippen molar-refractivity contribution in [1.29, 1.82) is 0 Å². The molecule has 1 aromatic carbocycles. The number of likely N-dealkylation sites (N-methyl/N-ethyl adjacent to an activating group) is 1. The summed E-state index contributed by atoms with van der Waals surface area (Å²) in [6, 6.07) is 7.60. The second-order valence-electron chi connectivity index (χ2n) is 4.98. The Morgan fingerprint density at radius 3 is 2.70 bits per heavy atom. The Hall–Kier alpha value is -2.04. The SMILES string of the molecule is COc1cccc(N(C)CC(=O)N2CCC(=O)CC2)c1. The van der Waals surface area contributed by atoms with Gasteiger partial charge < -0.3 is 14.5 Å². The summed E-state index contributed by atoms with van der Waals surface area (Å²) in [5.41, 5.74) is 0.936. The number of ether oxygens (including phenoxy) is 1. The van der Waals surface area contributed by atoms with E-state index >= 15 is 0 Å². The number of hydrogen-bond acceptors (Lipinski definition) is 4. The fourth-order valence-electron chi connectivity index (χ4n) is 2.25. The summed E-state index contributed by atoms with van der Waals surface area (Å²) >= 11 is 0. The van der Waals surface area contributed by atoms with Crippen LogP contribution in [0.25, 0.3) is 0 Å². The van der Waals surface area contributed by atoms with Crippen molar-refractivity contribution in [3.8, 4) is 5.75 Å². The molecule has 2 rings (SSSR count). The summed E-state index contributed by atoms with van der Waals surface area (Å²) in [6.07, 6.45) is 0.962. The lowest BCUT2D eigenvalue weighted by molar-refractivity contribution is -0.133. The summed E-state index contributed by atoms with van der Waals surface area (Å²) < 4.78 is 5.18. The van der Waals surface area contributed by atoms with E-state index in [-0.39, 0.29) is 11.7 Å². The summed E-state index contributed by atoms with van der Waals surface area (Å²) in [7, 11) is 3.50. The van der Waals surface area contributed by atoms with E-state index in [0.717, 1.165) is 11.4 Å². The maximum atomic E-state index is 12.2. The Balaban J connectivity index is 1.94. The molecule has 20 heavy (non-hydrogen) atoms. The van der Waals surface area contributed by atoms with Crippen molar-refractivity contribution in [2.75, 3.05) is 38.7 Å². The number of methoxy groups -OCH3 is 1. The molecule has 0 atom stereocenters. The van der Waals surface area contributed by atoms with Crippen LogP contribution in [0, 0.1) is 0 Å².